The van der Waals surface area contributed by atoms with Gasteiger partial charge in [0.15, 0.2) is 0 Å². The Labute approximate surface area is 170 Å². The van der Waals surface area contributed by atoms with Gasteiger partial charge in [-0.2, -0.15) is 0 Å². The first-order chi connectivity index (χ1) is 14.3. The van der Waals surface area contributed by atoms with Gasteiger partial charge in [-0.25, -0.2) is 0 Å². The Morgan fingerprint density at radius 3 is 2.55 bits per heavy atom. The predicted molar refractivity (Wildman–Crippen MR) is 112 cm³/mol. The van der Waals surface area contributed by atoms with Gasteiger partial charge in [-0.15, -0.1) is 0 Å². The molecule has 5 rings (SSSR count). The standard InChI is InChI=1S/C24H23N3O2/c28-24-22-13-20(17-26(22)15-18-7-2-1-3-8-18)29-23-11-5-4-10-21(23)27(24)16-19-9-6-12-25-14-19/h1-12,14,20,22H,13,15-17H2. The van der Waals surface area contributed by atoms with Gasteiger partial charge < -0.3 is 9.64 Å². The maximum atomic E-state index is 13.7. The largest absolute Gasteiger partial charge is 0.487 e. The molecule has 29 heavy (non-hydrogen) atoms. The van der Waals surface area contributed by atoms with Crippen LogP contribution in [0.15, 0.2) is 79.1 Å². The van der Waals surface area contributed by atoms with E-state index in [1.54, 1.807) is 6.20 Å². The van der Waals surface area contributed by atoms with Crippen molar-refractivity contribution >= 4 is 11.6 Å². The van der Waals surface area contributed by atoms with E-state index in [0.29, 0.717) is 13.0 Å². The minimum atomic E-state index is -0.190. The Balaban J connectivity index is 1.49. The van der Waals surface area contributed by atoms with Crippen molar-refractivity contribution in [3.8, 4) is 5.75 Å². The zero-order valence-electron chi connectivity index (χ0n) is 16.1. The number of aromatic nitrogens is 1. The van der Waals surface area contributed by atoms with Crippen LogP contribution >= 0.6 is 0 Å². The number of para-hydroxylation sites is 2. The third-order valence-corrected chi connectivity index (χ3v) is 5.66. The van der Waals surface area contributed by atoms with E-state index in [-0.39, 0.29) is 18.1 Å². The Bertz CT molecular complexity index is 993. The number of hydrogen-bond donors (Lipinski definition) is 0. The second kappa shape index (κ2) is 7.68. The molecular weight excluding hydrogens is 362 g/mol. The number of amides is 1. The summed E-state index contributed by atoms with van der Waals surface area (Å²) >= 11 is 0. The molecule has 3 aromatic rings. The minimum Gasteiger partial charge on any atom is -0.487 e. The summed E-state index contributed by atoms with van der Waals surface area (Å²) in [4.78, 5) is 22.1. The molecule has 2 atom stereocenters. The highest BCUT2D eigenvalue weighted by molar-refractivity contribution is 5.99. The van der Waals surface area contributed by atoms with Crippen molar-refractivity contribution in [2.24, 2.45) is 0 Å². The van der Waals surface area contributed by atoms with Gasteiger partial charge in [-0.1, -0.05) is 48.5 Å². The molecular formula is C24H23N3O2. The quantitative estimate of drug-likeness (QED) is 0.688. The van der Waals surface area contributed by atoms with Crippen LogP contribution < -0.4 is 9.64 Å². The van der Waals surface area contributed by atoms with Crippen LogP contribution in [0.5, 0.6) is 5.75 Å². The van der Waals surface area contributed by atoms with Crippen molar-refractivity contribution in [3.05, 3.63) is 90.3 Å². The molecule has 0 N–H and O–H groups in total. The van der Waals surface area contributed by atoms with Gasteiger partial charge in [0, 0.05) is 31.9 Å². The Morgan fingerprint density at radius 1 is 0.931 bits per heavy atom. The van der Waals surface area contributed by atoms with Gasteiger partial charge in [0.05, 0.1) is 18.3 Å². The number of likely N-dealkylation sites (tertiary alicyclic amines) is 1. The maximum absolute atomic E-state index is 13.7. The molecule has 2 aliphatic heterocycles. The molecule has 5 heteroatoms. The number of rotatable bonds is 4. The number of anilines is 1. The molecule has 1 saturated heterocycles. The van der Waals surface area contributed by atoms with E-state index in [1.807, 2.05) is 65.7 Å². The van der Waals surface area contributed by atoms with E-state index < -0.39 is 0 Å². The van der Waals surface area contributed by atoms with Crippen molar-refractivity contribution in [1.82, 2.24) is 9.88 Å². The molecule has 1 amide bonds. The molecule has 146 valence electrons. The topological polar surface area (TPSA) is 45.7 Å². The monoisotopic (exact) mass is 385 g/mol. The smallest absolute Gasteiger partial charge is 0.244 e. The van der Waals surface area contributed by atoms with E-state index >= 15 is 0 Å². The first kappa shape index (κ1) is 17.9. The van der Waals surface area contributed by atoms with E-state index in [4.69, 9.17) is 4.74 Å². The van der Waals surface area contributed by atoms with E-state index in [1.165, 1.54) is 5.56 Å². The zero-order valence-corrected chi connectivity index (χ0v) is 16.1. The van der Waals surface area contributed by atoms with Gasteiger partial charge in [0.2, 0.25) is 5.91 Å². The van der Waals surface area contributed by atoms with Crippen molar-refractivity contribution < 1.29 is 9.53 Å². The lowest BCUT2D eigenvalue weighted by molar-refractivity contribution is -0.123. The molecule has 2 unspecified atom stereocenters. The van der Waals surface area contributed by atoms with Crippen LogP contribution in [0.3, 0.4) is 0 Å². The summed E-state index contributed by atoms with van der Waals surface area (Å²) in [6.07, 6.45) is 4.30. The van der Waals surface area contributed by atoms with Crippen molar-refractivity contribution in [1.29, 1.82) is 0 Å². The number of carbonyl (C=O) groups excluding carboxylic acids is 1. The van der Waals surface area contributed by atoms with E-state index in [9.17, 15) is 4.79 Å². The van der Waals surface area contributed by atoms with Crippen LogP contribution in [0.25, 0.3) is 0 Å². The van der Waals surface area contributed by atoms with Crippen LogP contribution in [0.2, 0.25) is 0 Å². The molecule has 1 aromatic heterocycles. The molecule has 0 spiro atoms. The fourth-order valence-corrected chi connectivity index (χ4v) is 4.29. The van der Waals surface area contributed by atoms with Crippen LogP contribution in [-0.2, 0) is 17.9 Å². The van der Waals surface area contributed by atoms with Crippen LogP contribution in [0.4, 0.5) is 5.69 Å². The molecule has 2 aromatic carbocycles. The van der Waals surface area contributed by atoms with E-state index in [2.05, 4.69) is 22.0 Å². The summed E-state index contributed by atoms with van der Waals surface area (Å²) in [5, 5.41) is 0. The predicted octanol–water partition coefficient (Wildman–Crippen LogP) is 3.65. The SMILES string of the molecule is O=C1C2CC(CN2Cc2ccccc2)Oc2ccccc2N1Cc1cccnc1. The molecule has 0 saturated carbocycles. The lowest BCUT2D eigenvalue weighted by atomic mass is 10.1. The summed E-state index contributed by atoms with van der Waals surface area (Å²) in [6, 6.07) is 21.9. The number of benzene rings is 2. The molecule has 2 bridgehead atoms. The molecule has 1 fully saturated rings. The summed E-state index contributed by atoms with van der Waals surface area (Å²) in [6.45, 7) is 1.97. The van der Waals surface area contributed by atoms with Gasteiger partial charge in [-0.05, 0) is 29.3 Å². The van der Waals surface area contributed by atoms with E-state index in [0.717, 1.165) is 30.1 Å². The fourth-order valence-electron chi connectivity index (χ4n) is 4.29. The van der Waals surface area contributed by atoms with Crippen molar-refractivity contribution in [3.63, 3.8) is 0 Å². The highest BCUT2D eigenvalue weighted by atomic mass is 16.5. The maximum Gasteiger partial charge on any atom is 0.244 e. The lowest BCUT2D eigenvalue weighted by Crippen LogP contribution is -2.45. The molecule has 0 aliphatic carbocycles. The van der Waals surface area contributed by atoms with Gasteiger partial charge in [0.25, 0.3) is 0 Å². The first-order valence-corrected chi connectivity index (χ1v) is 10.0. The highest BCUT2D eigenvalue weighted by Crippen LogP contribution is 2.37. The second-order valence-corrected chi connectivity index (χ2v) is 7.66. The number of hydrogen-bond acceptors (Lipinski definition) is 4. The molecule has 5 nitrogen and oxygen atoms in total. The van der Waals surface area contributed by atoms with Crippen LogP contribution in [-0.4, -0.2) is 34.5 Å². The summed E-state index contributed by atoms with van der Waals surface area (Å²) in [5.41, 5.74) is 3.04. The zero-order chi connectivity index (χ0) is 19.6. The van der Waals surface area contributed by atoms with Gasteiger partial charge in [-0.3, -0.25) is 14.7 Å². The van der Waals surface area contributed by atoms with Crippen molar-refractivity contribution in [2.45, 2.75) is 31.7 Å². The van der Waals surface area contributed by atoms with Gasteiger partial charge >= 0.3 is 0 Å². The third-order valence-electron chi connectivity index (χ3n) is 5.66. The number of fused-ring (bicyclic) bond motifs is 3. The fraction of sp³-hybridized carbons (Fsp3) is 0.250. The summed E-state index contributed by atoms with van der Waals surface area (Å²) in [5.74, 6) is 0.901. The van der Waals surface area contributed by atoms with Crippen LogP contribution in [0, 0.1) is 0 Å². The third kappa shape index (κ3) is 3.61. The molecule has 0 radical (unpaired) electrons. The summed E-state index contributed by atoms with van der Waals surface area (Å²) < 4.78 is 6.36. The van der Waals surface area contributed by atoms with Crippen molar-refractivity contribution in [2.75, 3.05) is 11.4 Å². The van der Waals surface area contributed by atoms with Crippen LogP contribution in [0.1, 0.15) is 17.5 Å². The number of nitrogens with zero attached hydrogens (tertiary/aromatic N) is 3. The Kier molecular flexibility index (Phi) is 4.74. The molecule has 2 aliphatic rings. The Hall–Kier alpha value is -3.18. The lowest BCUT2D eigenvalue weighted by Gasteiger charge is -2.32. The summed E-state index contributed by atoms with van der Waals surface area (Å²) in [7, 11) is 0. The average molecular weight is 385 g/mol. The highest BCUT2D eigenvalue weighted by Gasteiger charge is 2.42. The Morgan fingerprint density at radius 2 is 1.72 bits per heavy atom. The number of ether oxygens (including phenoxy) is 1. The minimum absolute atomic E-state index is 0.0226. The number of pyridine rings is 1. The normalized spacial score (nSPS) is 21.2. The second-order valence-electron chi connectivity index (χ2n) is 7.66. The van der Waals surface area contributed by atoms with Gasteiger partial charge in [0.1, 0.15) is 11.9 Å². The number of carbonyl (C=O) groups is 1. The first-order valence-electron chi connectivity index (χ1n) is 10.0. The average Bonchev–Trinajstić information content (AvgIpc) is 3.16. The molecule has 3 heterocycles.